The average Bonchev–Trinajstić information content (AvgIpc) is 2.81. The van der Waals surface area contributed by atoms with Gasteiger partial charge in [0, 0.05) is 0 Å². The Morgan fingerprint density at radius 2 is 2.06 bits per heavy atom. The van der Waals surface area contributed by atoms with Gasteiger partial charge in [0.05, 0.1) is 0 Å². The van der Waals surface area contributed by atoms with Crippen molar-refractivity contribution in [2.75, 3.05) is 13.1 Å². The molecule has 0 unspecified atom stereocenters. The first-order valence-corrected chi connectivity index (χ1v) is 6.86. The van der Waals surface area contributed by atoms with Crippen LogP contribution in [0.3, 0.4) is 0 Å². The Bertz CT molecular complexity index is 379. The van der Waals surface area contributed by atoms with E-state index >= 15 is 0 Å². The molecule has 1 N–H and O–H groups in total. The Labute approximate surface area is 105 Å². The van der Waals surface area contributed by atoms with Crippen molar-refractivity contribution in [1.29, 1.82) is 0 Å². The van der Waals surface area contributed by atoms with Gasteiger partial charge < -0.3 is 5.32 Å². The number of hydrogen-bond donors (Lipinski definition) is 1. The summed E-state index contributed by atoms with van der Waals surface area (Å²) in [5.41, 5.74) is 4.62. The maximum Gasteiger partial charge on any atom is -0.00144 e. The normalized spacial score (nSPS) is 14.4. The number of allylic oxidation sites excluding steroid dienone is 1. The molecule has 0 fully saturated rings. The van der Waals surface area contributed by atoms with Crippen molar-refractivity contribution < 1.29 is 0 Å². The van der Waals surface area contributed by atoms with E-state index in [1.54, 1.807) is 11.1 Å². The minimum atomic E-state index is 1.07. The number of hydrogen-bond acceptors (Lipinski definition) is 1. The first-order chi connectivity index (χ1) is 8.40. The van der Waals surface area contributed by atoms with Crippen LogP contribution in [0.1, 0.15) is 36.5 Å². The lowest BCUT2D eigenvalue weighted by atomic mass is 10.0. The highest BCUT2D eigenvalue weighted by atomic mass is 14.8. The van der Waals surface area contributed by atoms with Gasteiger partial charge in [0.2, 0.25) is 0 Å². The van der Waals surface area contributed by atoms with Crippen molar-refractivity contribution in [1.82, 2.24) is 5.32 Å². The summed E-state index contributed by atoms with van der Waals surface area (Å²) in [6.45, 7) is 4.31. The maximum absolute atomic E-state index is 3.33. The number of fused-ring (bicyclic) bond motifs is 1. The van der Waals surface area contributed by atoms with Crippen LogP contribution in [0.25, 0.3) is 0 Å². The fraction of sp³-hybridized carbons (Fsp3) is 0.500. The van der Waals surface area contributed by atoms with Crippen LogP contribution >= 0.6 is 0 Å². The van der Waals surface area contributed by atoms with Crippen molar-refractivity contribution >= 4 is 0 Å². The number of aryl methyl sites for hydroxylation is 2. The molecule has 1 aliphatic rings. The zero-order valence-corrected chi connectivity index (χ0v) is 10.8. The summed E-state index contributed by atoms with van der Waals surface area (Å²) in [4.78, 5) is 0. The Kier molecular flexibility index (Phi) is 4.81. The van der Waals surface area contributed by atoms with Crippen LogP contribution in [-0.4, -0.2) is 13.1 Å². The molecular formula is C16H23N. The second-order valence-electron chi connectivity index (χ2n) is 4.77. The molecule has 2 rings (SSSR count). The molecule has 1 aliphatic carbocycles. The lowest BCUT2D eigenvalue weighted by molar-refractivity contribution is 0.726. The van der Waals surface area contributed by atoms with E-state index in [9.17, 15) is 0 Å². The monoisotopic (exact) mass is 229 g/mol. The third-order valence-corrected chi connectivity index (χ3v) is 3.42. The summed E-state index contributed by atoms with van der Waals surface area (Å²) in [6.07, 6.45) is 10.7. The van der Waals surface area contributed by atoms with Gasteiger partial charge in [-0.25, -0.2) is 0 Å². The van der Waals surface area contributed by atoms with E-state index in [0.29, 0.717) is 0 Å². The molecule has 0 saturated carbocycles. The van der Waals surface area contributed by atoms with Crippen LogP contribution in [0.4, 0.5) is 0 Å². The van der Waals surface area contributed by atoms with Gasteiger partial charge in [0.15, 0.2) is 0 Å². The largest absolute Gasteiger partial charge is 0.317 e. The number of nitrogens with one attached hydrogen (secondary N) is 1. The number of benzene rings is 1. The fourth-order valence-corrected chi connectivity index (χ4v) is 2.45. The minimum absolute atomic E-state index is 1.07. The quantitative estimate of drug-likeness (QED) is 0.583. The molecule has 0 saturated heterocycles. The zero-order valence-electron chi connectivity index (χ0n) is 10.8. The van der Waals surface area contributed by atoms with Gasteiger partial charge in [-0.1, -0.05) is 37.3 Å². The molecule has 1 aromatic carbocycles. The molecule has 0 aliphatic heterocycles. The van der Waals surface area contributed by atoms with Crippen LogP contribution in [0.5, 0.6) is 0 Å². The van der Waals surface area contributed by atoms with Gasteiger partial charge in [-0.15, -0.1) is 0 Å². The van der Waals surface area contributed by atoms with Gasteiger partial charge in [0.1, 0.15) is 0 Å². The van der Waals surface area contributed by atoms with E-state index in [1.165, 1.54) is 24.8 Å². The molecule has 92 valence electrons. The summed E-state index contributed by atoms with van der Waals surface area (Å²) in [6, 6.07) is 7.01. The molecular weight excluding hydrogens is 206 g/mol. The molecule has 0 bridgehead atoms. The second-order valence-corrected chi connectivity index (χ2v) is 4.77. The third kappa shape index (κ3) is 3.71. The van der Waals surface area contributed by atoms with Gasteiger partial charge in [0.25, 0.3) is 0 Å². The fourth-order valence-electron chi connectivity index (χ4n) is 2.45. The molecule has 1 aromatic rings. The van der Waals surface area contributed by atoms with Crippen molar-refractivity contribution in [3.8, 4) is 0 Å². The minimum Gasteiger partial charge on any atom is -0.317 e. The van der Waals surface area contributed by atoms with Gasteiger partial charge >= 0.3 is 0 Å². The summed E-state index contributed by atoms with van der Waals surface area (Å²) >= 11 is 0. The zero-order chi connectivity index (χ0) is 11.9. The smallest absolute Gasteiger partial charge is 0.00144 e. The Morgan fingerprint density at radius 3 is 2.94 bits per heavy atom. The highest BCUT2D eigenvalue weighted by molar-refractivity contribution is 5.35. The predicted molar refractivity (Wildman–Crippen MR) is 74.5 cm³/mol. The van der Waals surface area contributed by atoms with Crippen LogP contribution in [0.2, 0.25) is 0 Å². The van der Waals surface area contributed by atoms with E-state index in [0.717, 1.165) is 25.9 Å². The topological polar surface area (TPSA) is 12.0 Å². The first kappa shape index (κ1) is 12.4. The Hall–Kier alpha value is -1.08. The SMILES string of the molecule is CCNCCC=CCc1ccc2c(c1)CCC2. The lowest BCUT2D eigenvalue weighted by Gasteiger charge is -2.02. The first-order valence-electron chi connectivity index (χ1n) is 6.86. The van der Waals surface area contributed by atoms with Crippen molar-refractivity contribution in [2.45, 2.75) is 39.0 Å². The molecule has 0 radical (unpaired) electrons. The van der Waals surface area contributed by atoms with Gasteiger partial charge in [-0.05, 0) is 61.9 Å². The third-order valence-electron chi connectivity index (χ3n) is 3.42. The standard InChI is InChI=1S/C16H23N/c1-2-17-12-5-3-4-7-14-10-11-15-8-6-9-16(15)13-14/h3-4,10-11,13,17H,2,5-9,12H2,1H3. The Morgan fingerprint density at radius 1 is 1.18 bits per heavy atom. The average molecular weight is 229 g/mol. The molecule has 0 spiro atoms. The molecule has 1 nitrogen and oxygen atoms in total. The van der Waals surface area contributed by atoms with E-state index in [2.05, 4.69) is 42.6 Å². The van der Waals surface area contributed by atoms with Crippen molar-refractivity contribution in [3.05, 3.63) is 47.0 Å². The van der Waals surface area contributed by atoms with Crippen LogP contribution < -0.4 is 5.32 Å². The highest BCUT2D eigenvalue weighted by Crippen LogP contribution is 2.23. The molecule has 0 atom stereocenters. The molecule has 0 aromatic heterocycles. The summed E-state index contributed by atoms with van der Waals surface area (Å²) in [5, 5.41) is 3.33. The van der Waals surface area contributed by atoms with Crippen LogP contribution in [0.15, 0.2) is 30.4 Å². The van der Waals surface area contributed by atoms with E-state index < -0.39 is 0 Å². The van der Waals surface area contributed by atoms with Crippen molar-refractivity contribution in [2.24, 2.45) is 0 Å². The van der Waals surface area contributed by atoms with Crippen LogP contribution in [0, 0.1) is 0 Å². The summed E-state index contributed by atoms with van der Waals surface area (Å²) < 4.78 is 0. The predicted octanol–water partition coefficient (Wildman–Crippen LogP) is 3.27. The number of rotatable bonds is 6. The van der Waals surface area contributed by atoms with Gasteiger partial charge in [-0.2, -0.15) is 0 Å². The van der Waals surface area contributed by atoms with Crippen LogP contribution in [-0.2, 0) is 19.3 Å². The van der Waals surface area contributed by atoms with E-state index in [-0.39, 0.29) is 0 Å². The van der Waals surface area contributed by atoms with E-state index in [4.69, 9.17) is 0 Å². The Balaban J connectivity index is 1.79. The maximum atomic E-state index is 3.33. The summed E-state index contributed by atoms with van der Waals surface area (Å²) in [7, 11) is 0. The van der Waals surface area contributed by atoms with Gasteiger partial charge in [-0.3, -0.25) is 0 Å². The lowest BCUT2D eigenvalue weighted by Crippen LogP contribution is -2.12. The molecule has 0 heterocycles. The highest BCUT2D eigenvalue weighted by Gasteiger charge is 2.09. The second kappa shape index (κ2) is 6.61. The van der Waals surface area contributed by atoms with E-state index in [1.807, 2.05) is 0 Å². The molecule has 1 heteroatoms. The van der Waals surface area contributed by atoms with Crippen molar-refractivity contribution in [3.63, 3.8) is 0 Å². The summed E-state index contributed by atoms with van der Waals surface area (Å²) in [5.74, 6) is 0. The molecule has 0 amide bonds. The molecule has 17 heavy (non-hydrogen) atoms.